The number of hydrogen-bond donors (Lipinski definition) is 1. The maximum Gasteiger partial charge on any atom is 0.124 e. The predicted molar refractivity (Wildman–Crippen MR) is 69.0 cm³/mol. The van der Waals surface area contributed by atoms with Gasteiger partial charge in [0.15, 0.2) is 0 Å². The van der Waals surface area contributed by atoms with Gasteiger partial charge in [0.1, 0.15) is 11.4 Å². The Balaban J connectivity index is 1.92. The Hall–Kier alpha value is -1.02. The third-order valence-corrected chi connectivity index (χ3v) is 4.29. The van der Waals surface area contributed by atoms with Crippen LogP contribution in [-0.2, 0) is 0 Å². The van der Waals surface area contributed by atoms with E-state index in [2.05, 4.69) is 19.1 Å². The van der Waals surface area contributed by atoms with Gasteiger partial charge in [-0.15, -0.1) is 0 Å². The monoisotopic (exact) mass is 231 g/mol. The van der Waals surface area contributed by atoms with Crippen molar-refractivity contribution >= 4 is 0 Å². The summed E-state index contributed by atoms with van der Waals surface area (Å²) in [5.74, 6) is 1.78. The molecular formula is C15H21NO. The van der Waals surface area contributed by atoms with Gasteiger partial charge in [-0.25, -0.2) is 0 Å². The van der Waals surface area contributed by atoms with E-state index in [1.807, 2.05) is 12.1 Å². The van der Waals surface area contributed by atoms with Gasteiger partial charge in [-0.1, -0.05) is 31.5 Å². The third kappa shape index (κ3) is 1.95. The molecule has 0 aromatic heterocycles. The average Bonchev–Trinajstić information content (AvgIpc) is 2.28. The van der Waals surface area contributed by atoms with E-state index in [4.69, 9.17) is 10.5 Å². The smallest absolute Gasteiger partial charge is 0.124 e. The number of fused-ring (bicyclic) bond motifs is 1. The van der Waals surface area contributed by atoms with Crippen LogP contribution in [0, 0.1) is 5.92 Å². The molecule has 1 aromatic rings. The van der Waals surface area contributed by atoms with Crippen molar-refractivity contribution in [3.05, 3.63) is 29.8 Å². The van der Waals surface area contributed by atoms with Gasteiger partial charge < -0.3 is 10.5 Å². The molecule has 1 aliphatic carbocycles. The molecule has 17 heavy (non-hydrogen) atoms. The molecular weight excluding hydrogens is 210 g/mol. The van der Waals surface area contributed by atoms with Crippen LogP contribution >= 0.6 is 0 Å². The quantitative estimate of drug-likeness (QED) is 0.742. The van der Waals surface area contributed by atoms with Gasteiger partial charge in [0.2, 0.25) is 0 Å². The summed E-state index contributed by atoms with van der Waals surface area (Å²) in [7, 11) is 0. The Labute approximate surface area is 103 Å². The maximum atomic E-state index is 6.32. The van der Waals surface area contributed by atoms with E-state index >= 15 is 0 Å². The first kappa shape index (κ1) is 11.1. The molecule has 3 rings (SSSR count). The van der Waals surface area contributed by atoms with E-state index in [0.717, 1.165) is 24.5 Å². The van der Waals surface area contributed by atoms with Crippen LogP contribution in [0.25, 0.3) is 0 Å². The van der Waals surface area contributed by atoms with Crippen LogP contribution in [0.5, 0.6) is 5.75 Å². The summed E-state index contributed by atoms with van der Waals surface area (Å²) in [5.41, 5.74) is 7.51. The average molecular weight is 231 g/mol. The van der Waals surface area contributed by atoms with E-state index in [1.165, 1.54) is 24.8 Å². The second-order valence-corrected chi connectivity index (χ2v) is 5.84. The molecule has 2 nitrogen and oxygen atoms in total. The SMILES string of the molecule is CC1CCCC2(C1)C[C@@H](N)c1ccccc1O2. The minimum absolute atomic E-state index is 0.0193. The van der Waals surface area contributed by atoms with Crippen molar-refractivity contribution in [2.45, 2.75) is 50.7 Å². The van der Waals surface area contributed by atoms with Gasteiger partial charge in [-0.2, -0.15) is 0 Å². The molecule has 2 unspecified atom stereocenters. The number of para-hydroxylation sites is 1. The zero-order valence-electron chi connectivity index (χ0n) is 10.5. The first-order valence-electron chi connectivity index (χ1n) is 6.72. The second kappa shape index (κ2) is 4.02. The van der Waals surface area contributed by atoms with Crippen LogP contribution in [0.3, 0.4) is 0 Å². The minimum Gasteiger partial charge on any atom is -0.487 e. The summed E-state index contributed by atoms with van der Waals surface area (Å²) in [6, 6.07) is 8.39. The largest absolute Gasteiger partial charge is 0.487 e. The molecule has 0 amide bonds. The fraction of sp³-hybridized carbons (Fsp3) is 0.600. The lowest BCUT2D eigenvalue weighted by Crippen LogP contribution is -2.46. The molecule has 92 valence electrons. The minimum atomic E-state index is 0.0193. The predicted octanol–water partition coefficient (Wildman–Crippen LogP) is 3.42. The lowest BCUT2D eigenvalue weighted by molar-refractivity contribution is -0.0139. The summed E-state index contributed by atoms with van der Waals surface area (Å²) in [5, 5.41) is 0. The Kier molecular flexibility index (Phi) is 2.62. The van der Waals surface area contributed by atoms with E-state index in [1.54, 1.807) is 0 Å². The van der Waals surface area contributed by atoms with Crippen LogP contribution in [-0.4, -0.2) is 5.60 Å². The normalized spacial score (nSPS) is 36.4. The molecule has 2 N–H and O–H groups in total. The summed E-state index contributed by atoms with van der Waals surface area (Å²) in [4.78, 5) is 0. The Morgan fingerprint density at radius 1 is 1.29 bits per heavy atom. The van der Waals surface area contributed by atoms with Crippen molar-refractivity contribution in [3.63, 3.8) is 0 Å². The highest BCUT2D eigenvalue weighted by atomic mass is 16.5. The van der Waals surface area contributed by atoms with Gasteiger partial charge in [0, 0.05) is 18.0 Å². The van der Waals surface area contributed by atoms with Crippen LogP contribution in [0.4, 0.5) is 0 Å². The molecule has 1 aliphatic heterocycles. The van der Waals surface area contributed by atoms with Crippen molar-refractivity contribution in [1.82, 2.24) is 0 Å². The van der Waals surface area contributed by atoms with Gasteiger partial charge in [-0.05, 0) is 31.2 Å². The fourth-order valence-electron chi connectivity index (χ4n) is 3.56. The van der Waals surface area contributed by atoms with Crippen molar-refractivity contribution in [1.29, 1.82) is 0 Å². The summed E-state index contributed by atoms with van der Waals surface area (Å²) >= 11 is 0. The number of rotatable bonds is 0. The van der Waals surface area contributed by atoms with Crippen molar-refractivity contribution in [3.8, 4) is 5.75 Å². The first-order chi connectivity index (χ1) is 8.19. The van der Waals surface area contributed by atoms with Crippen LogP contribution < -0.4 is 10.5 Å². The van der Waals surface area contributed by atoms with E-state index in [0.29, 0.717) is 0 Å². The van der Waals surface area contributed by atoms with Gasteiger partial charge >= 0.3 is 0 Å². The maximum absolute atomic E-state index is 6.32. The van der Waals surface area contributed by atoms with E-state index in [-0.39, 0.29) is 11.6 Å². The van der Waals surface area contributed by atoms with E-state index in [9.17, 15) is 0 Å². The highest BCUT2D eigenvalue weighted by Crippen LogP contribution is 2.46. The summed E-state index contributed by atoms with van der Waals surface area (Å²) < 4.78 is 6.32. The summed E-state index contributed by atoms with van der Waals surface area (Å²) in [6.07, 6.45) is 5.92. The topological polar surface area (TPSA) is 35.2 Å². The molecule has 2 heteroatoms. The Bertz CT molecular complexity index is 417. The van der Waals surface area contributed by atoms with Crippen molar-refractivity contribution in [2.75, 3.05) is 0 Å². The number of ether oxygens (including phenoxy) is 1. The molecule has 0 radical (unpaired) electrons. The number of benzene rings is 1. The lowest BCUT2D eigenvalue weighted by Gasteiger charge is -2.45. The highest BCUT2D eigenvalue weighted by Gasteiger charge is 2.42. The van der Waals surface area contributed by atoms with Gasteiger partial charge in [0.25, 0.3) is 0 Å². The second-order valence-electron chi connectivity index (χ2n) is 5.84. The van der Waals surface area contributed by atoms with Crippen LogP contribution in [0.1, 0.15) is 50.6 Å². The van der Waals surface area contributed by atoms with Gasteiger partial charge in [0.05, 0.1) is 0 Å². The molecule has 1 saturated carbocycles. The zero-order chi connectivity index (χ0) is 11.9. The Morgan fingerprint density at radius 2 is 2.12 bits per heavy atom. The molecule has 3 atom stereocenters. The lowest BCUT2D eigenvalue weighted by atomic mass is 9.73. The molecule has 1 spiro atoms. The Morgan fingerprint density at radius 3 is 2.94 bits per heavy atom. The van der Waals surface area contributed by atoms with Crippen LogP contribution in [0.2, 0.25) is 0 Å². The van der Waals surface area contributed by atoms with Crippen LogP contribution in [0.15, 0.2) is 24.3 Å². The summed E-state index contributed by atoms with van der Waals surface area (Å²) in [6.45, 7) is 2.33. The molecule has 0 bridgehead atoms. The highest BCUT2D eigenvalue weighted by molar-refractivity contribution is 5.38. The zero-order valence-corrected chi connectivity index (χ0v) is 10.5. The molecule has 2 aliphatic rings. The van der Waals surface area contributed by atoms with E-state index < -0.39 is 0 Å². The number of nitrogens with two attached hydrogens (primary N) is 1. The molecule has 0 saturated heterocycles. The first-order valence-corrected chi connectivity index (χ1v) is 6.72. The van der Waals surface area contributed by atoms with Crippen molar-refractivity contribution < 1.29 is 4.74 Å². The fourth-order valence-corrected chi connectivity index (χ4v) is 3.56. The standard InChI is InChI=1S/C15H21NO/c1-11-5-4-8-15(9-11)10-13(16)12-6-2-3-7-14(12)17-15/h2-3,6-7,11,13H,4-5,8-10,16H2,1H3/t11?,13-,15?/m1/s1. The third-order valence-electron chi connectivity index (χ3n) is 4.29. The molecule has 1 fully saturated rings. The number of hydrogen-bond acceptors (Lipinski definition) is 2. The molecule has 1 aromatic carbocycles. The van der Waals surface area contributed by atoms with Gasteiger partial charge in [-0.3, -0.25) is 0 Å². The molecule has 1 heterocycles. The van der Waals surface area contributed by atoms with Crippen molar-refractivity contribution in [2.24, 2.45) is 11.7 Å².